The SMILES string of the molecule is CCC1(COCCCCCCOc2ccc(C(=O)Oc3ccc4c(c3)C(C)(C)c3cc(OC(=O)c5ccc(OCCCCCCOCC6(CC)COC6)cc5)ccc3-4)cc2)COC1. The summed E-state index contributed by atoms with van der Waals surface area (Å²) in [5.74, 6) is 1.51. The van der Waals surface area contributed by atoms with Crippen LogP contribution in [-0.2, 0) is 24.4 Å². The highest BCUT2D eigenvalue weighted by Gasteiger charge is 2.38. The molecule has 4 aromatic carbocycles. The van der Waals surface area contributed by atoms with Crippen molar-refractivity contribution < 1.29 is 47.5 Å². The summed E-state index contributed by atoms with van der Waals surface area (Å²) >= 11 is 0. The van der Waals surface area contributed by atoms with Crippen molar-refractivity contribution in [3.8, 4) is 34.1 Å². The van der Waals surface area contributed by atoms with E-state index in [9.17, 15) is 9.59 Å². The normalized spacial score (nSPS) is 16.3. The average molecular weight is 863 g/mol. The number of hydrogen-bond acceptors (Lipinski definition) is 10. The van der Waals surface area contributed by atoms with E-state index in [1.807, 2.05) is 60.7 Å². The summed E-state index contributed by atoms with van der Waals surface area (Å²) in [5.41, 5.74) is 5.11. The number of rotatable bonds is 26. The second-order valence-electron chi connectivity index (χ2n) is 18.2. The fraction of sp³-hybridized carbons (Fsp3) is 0.509. The highest BCUT2D eigenvalue weighted by Crippen LogP contribution is 2.50. The summed E-state index contributed by atoms with van der Waals surface area (Å²) < 4.78 is 46.1. The predicted octanol–water partition coefficient (Wildman–Crippen LogP) is 11.2. The molecule has 10 nitrogen and oxygen atoms in total. The molecule has 0 N–H and O–H groups in total. The van der Waals surface area contributed by atoms with Gasteiger partial charge in [-0.25, -0.2) is 9.59 Å². The molecule has 2 heterocycles. The number of unbranched alkanes of at least 4 members (excludes halogenated alkanes) is 6. The quantitative estimate of drug-likeness (QED) is 0.0344. The molecule has 7 rings (SSSR count). The molecular weight excluding hydrogens is 797 g/mol. The molecule has 3 aliphatic rings. The number of esters is 2. The van der Waals surface area contributed by atoms with Crippen LogP contribution in [0, 0.1) is 10.8 Å². The molecule has 4 aromatic rings. The molecule has 0 aromatic heterocycles. The minimum atomic E-state index is -0.437. The maximum Gasteiger partial charge on any atom is 0.343 e. The first-order chi connectivity index (χ1) is 30.6. The Hall–Kier alpha value is -4.74. The smallest absolute Gasteiger partial charge is 0.343 e. The number of carbonyl (C=O) groups is 2. The van der Waals surface area contributed by atoms with Gasteiger partial charge in [-0.15, -0.1) is 0 Å². The molecule has 0 unspecified atom stereocenters. The van der Waals surface area contributed by atoms with E-state index in [1.165, 1.54) is 0 Å². The molecule has 338 valence electrons. The van der Waals surface area contributed by atoms with E-state index in [1.54, 1.807) is 24.3 Å². The molecule has 2 fully saturated rings. The summed E-state index contributed by atoms with van der Waals surface area (Å²) in [5, 5.41) is 0. The van der Waals surface area contributed by atoms with Crippen LogP contribution >= 0.6 is 0 Å². The van der Waals surface area contributed by atoms with Crippen LogP contribution in [0.5, 0.6) is 23.0 Å². The summed E-state index contributed by atoms with van der Waals surface area (Å²) in [6.45, 7) is 16.4. The number of ether oxygens (including phenoxy) is 8. The Labute approximate surface area is 373 Å². The summed E-state index contributed by atoms with van der Waals surface area (Å²) in [6.07, 6.45) is 10.6. The van der Waals surface area contributed by atoms with Crippen LogP contribution in [0.3, 0.4) is 0 Å². The van der Waals surface area contributed by atoms with E-state index in [2.05, 4.69) is 27.7 Å². The van der Waals surface area contributed by atoms with Gasteiger partial charge >= 0.3 is 11.9 Å². The van der Waals surface area contributed by atoms with Crippen LogP contribution in [0.2, 0.25) is 0 Å². The van der Waals surface area contributed by atoms with Crippen LogP contribution < -0.4 is 18.9 Å². The molecule has 2 saturated heterocycles. The Morgan fingerprint density at radius 3 is 1.21 bits per heavy atom. The fourth-order valence-electron chi connectivity index (χ4n) is 8.37. The van der Waals surface area contributed by atoms with Crippen LogP contribution in [-0.4, -0.2) is 78.0 Å². The second kappa shape index (κ2) is 21.8. The van der Waals surface area contributed by atoms with Crippen molar-refractivity contribution >= 4 is 11.9 Å². The molecule has 0 amide bonds. The van der Waals surface area contributed by atoms with E-state index in [-0.39, 0.29) is 10.8 Å². The standard InChI is InChI=1S/C53H66O10/c1-5-52(35-58-36-52)33-56-27-11-7-9-13-29-60-41-19-15-39(16-20-41)49(54)62-43-23-25-45-46-26-24-44(32-48(46)51(3,4)47(45)31-43)63-50(55)40-17-21-42(22-18-40)61-30-14-10-8-12-28-57-34-53(6-2)37-59-38-53/h15-26,31-32H,5-14,27-30,33-38H2,1-4H3. The minimum absolute atomic E-state index is 0.245. The third-order valence-electron chi connectivity index (χ3n) is 13.1. The van der Waals surface area contributed by atoms with Gasteiger partial charge in [-0.05, 0) is 146 Å². The molecule has 0 radical (unpaired) electrons. The van der Waals surface area contributed by atoms with Gasteiger partial charge in [0.2, 0.25) is 0 Å². The van der Waals surface area contributed by atoms with Gasteiger partial charge in [0, 0.05) is 29.5 Å². The third kappa shape index (κ3) is 11.9. The zero-order chi connectivity index (χ0) is 44.1. The molecule has 0 saturated carbocycles. The van der Waals surface area contributed by atoms with E-state index in [4.69, 9.17) is 37.9 Å². The maximum atomic E-state index is 13.2. The zero-order valence-corrected chi connectivity index (χ0v) is 37.8. The number of hydrogen-bond donors (Lipinski definition) is 0. The summed E-state index contributed by atoms with van der Waals surface area (Å²) in [4.78, 5) is 26.4. The van der Waals surface area contributed by atoms with E-state index in [0.29, 0.717) is 35.8 Å². The predicted molar refractivity (Wildman–Crippen MR) is 243 cm³/mol. The summed E-state index contributed by atoms with van der Waals surface area (Å²) in [7, 11) is 0. The Bertz CT molecular complexity index is 1940. The molecule has 0 atom stereocenters. The van der Waals surface area contributed by atoms with E-state index in [0.717, 1.165) is 151 Å². The molecule has 2 aliphatic heterocycles. The van der Waals surface area contributed by atoms with Crippen LogP contribution in [0.1, 0.15) is 124 Å². The lowest BCUT2D eigenvalue weighted by atomic mass is 9.82. The van der Waals surface area contributed by atoms with Crippen molar-refractivity contribution in [3.05, 3.63) is 107 Å². The molecular formula is C53H66O10. The molecule has 1 aliphatic carbocycles. The van der Waals surface area contributed by atoms with Crippen molar-refractivity contribution in [1.29, 1.82) is 0 Å². The first-order valence-corrected chi connectivity index (χ1v) is 23.1. The molecule has 0 spiro atoms. The first kappa shape index (κ1) is 46.3. The Kier molecular flexibility index (Phi) is 16.0. The van der Waals surface area contributed by atoms with Gasteiger partial charge in [0.25, 0.3) is 0 Å². The summed E-state index contributed by atoms with van der Waals surface area (Å²) in [6, 6.07) is 25.7. The largest absolute Gasteiger partial charge is 0.494 e. The highest BCUT2D eigenvalue weighted by molar-refractivity contribution is 5.92. The number of benzene rings is 4. The Morgan fingerprint density at radius 2 is 0.857 bits per heavy atom. The van der Waals surface area contributed by atoms with E-state index >= 15 is 0 Å². The lowest BCUT2D eigenvalue weighted by molar-refractivity contribution is -0.150. The third-order valence-corrected chi connectivity index (χ3v) is 13.1. The fourth-order valence-corrected chi connectivity index (χ4v) is 8.37. The van der Waals surface area contributed by atoms with Crippen molar-refractivity contribution in [2.24, 2.45) is 10.8 Å². The Balaban J connectivity index is 0.809. The zero-order valence-electron chi connectivity index (χ0n) is 37.8. The van der Waals surface area contributed by atoms with Crippen LogP contribution in [0.15, 0.2) is 84.9 Å². The minimum Gasteiger partial charge on any atom is -0.494 e. The monoisotopic (exact) mass is 862 g/mol. The van der Waals surface area contributed by atoms with Crippen molar-refractivity contribution in [3.63, 3.8) is 0 Å². The average Bonchev–Trinajstić information content (AvgIpc) is 3.48. The lowest BCUT2D eigenvalue weighted by Gasteiger charge is -2.40. The highest BCUT2D eigenvalue weighted by atomic mass is 16.5. The van der Waals surface area contributed by atoms with Gasteiger partial charge in [-0.1, -0.05) is 52.7 Å². The van der Waals surface area contributed by atoms with Gasteiger partial charge < -0.3 is 37.9 Å². The number of carbonyl (C=O) groups excluding carboxylic acids is 2. The van der Waals surface area contributed by atoms with Crippen molar-refractivity contribution in [1.82, 2.24) is 0 Å². The molecule has 10 heteroatoms. The maximum absolute atomic E-state index is 13.2. The van der Waals surface area contributed by atoms with Crippen molar-refractivity contribution in [2.45, 2.75) is 97.3 Å². The van der Waals surface area contributed by atoms with Crippen LogP contribution in [0.4, 0.5) is 0 Å². The van der Waals surface area contributed by atoms with Gasteiger partial charge in [-0.2, -0.15) is 0 Å². The topological polar surface area (TPSA) is 108 Å². The van der Waals surface area contributed by atoms with Gasteiger partial charge in [0.1, 0.15) is 23.0 Å². The number of fused-ring (bicyclic) bond motifs is 3. The van der Waals surface area contributed by atoms with Crippen LogP contribution in [0.25, 0.3) is 11.1 Å². The molecule has 63 heavy (non-hydrogen) atoms. The first-order valence-electron chi connectivity index (χ1n) is 23.1. The van der Waals surface area contributed by atoms with Gasteiger partial charge in [0.15, 0.2) is 0 Å². The molecule has 0 bridgehead atoms. The van der Waals surface area contributed by atoms with E-state index < -0.39 is 17.4 Å². The van der Waals surface area contributed by atoms with Gasteiger partial charge in [0.05, 0.1) is 64.0 Å². The van der Waals surface area contributed by atoms with Crippen molar-refractivity contribution in [2.75, 3.05) is 66.1 Å². The second-order valence-corrected chi connectivity index (χ2v) is 18.2. The lowest BCUT2D eigenvalue weighted by Crippen LogP contribution is -2.45. The van der Waals surface area contributed by atoms with Gasteiger partial charge in [-0.3, -0.25) is 0 Å². The Morgan fingerprint density at radius 1 is 0.492 bits per heavy atom.